The smallest absolute Gasteiger partial charge is 0.145 e. The van der Waals surface area contributed by atoms with Crippen LogP contribution in [0.5, 0.6) is 0 Å². The molecule has 0 amide bonds. The van der Waals surface area contributed by atoms with Crippen LogP contribution in [0, 0.1) is 0 Å². The van der Waals surface area contributed by atoms with Crippen LogP contribution in [0.15, 0.2) is 17.0 Å². The van der Waals surface area contributed by atoms with Gasteiger partial charge in [-0.1, -0.05) is 35.0 Å². The van der Waals surface area contributed by atoms with Gasteiger partial charge in [0.05, 0.1) is 16.7 Å². The molecule has 0 N–H and O–H groups in total. The Kier molecular flexibility index (Phi) is 3.72. The van der Waals surface area contributed by atoms with Crippen molar-refractivity contribution in [3.05, 3.63) is 27.7 Å². The van der Waals surface area contributed by atoms with E-state index in [4.69, 9.17) is 32.7 Å². The van der Waals surface area contributed by atoms with Crippen LogP contribution in [0.3, 0.4) is 0 Å². The molecule has 1 aliphatic heterocycles. The van der Waals surface area contributed by atoms with Gasteiger partial charge in [0.2, 0.25) is 0 Å². The molecule has 1 aromatic rings. The molecule has 0 aliphatic carbocycles. The predicted octanol–water partition coefficient (Wildman–Crippen LogP) is 3.63. The summed E-state index contributed by atoms with van der Waals surface area (Å²) in [5.74, 6) is 0. The van der Waals surface area contributed by atoms with Gasteiger partial charge in [-0.05, 0) is 17.7 Å². The fraction of sp³-hybridized carbons (Fsp3) is 0.455. The number of ether oxygens (including phenoxy) is 2. The largest absolute Gasteiger partial charge is 0.381 e. The van der Waals surface area contributed by atoms with Gasteiger partial charge in [-0.2, -0.15) is 0 Å². The van der Waals surface area contributed by atoms with Crippen LogP contribution in [0.1, 0.15) is 5.56 Å². The molecule has 0 saturated heterocycles. The maximum Gasteiger partial charge on any atom is 0.145 e. The lowest BCUT2D eigenvalue weighted by molar-refractivity contribution is 0.00560. The summed E-state index contributed by atoms with van der Waals surface area (Å²) in [4.78, 5) is 0.749. The fourth-order valence-electron chi connectivity index (χ4n) is 1.81. The van der Waals surface area contributed by atoms with Crippen LogP contribution < -0.4 is 0 Å². The first-order chi connectivity index (χ1) is 7.62. The summed E-state index contributed by atoms with van der Waals surface area (Å²) in [6, 6.07) is 3.79. The molecule has 0 spiro atoms. The molecule has 1 unspecified atom stereocenters. The average molecular weight is 279 g/mol. The summed E-state index contributed by atoms with van der Waals surface area (Å²) in [5.41, 5.74) is 1.05. The van der Waals surface area contributed by atoms with Crippen molar-refractivity contribution in [3.8, 4) is 0 Å². The minimum atomic E-state index is -0.370. The topological polar surface area (TPSA) is 18.5 Å². The second-order valence-corrected chi connectivity index (χ2v) is 5.84. The third kappa shape index (κ3) is 2.07. The number of hydrogen-bond donors (Lipinski definition) is 0. The quantitative estimate of drug-likeness (QED) is 0.841. The molecule has 0 bridgehead atoms. The van der Waals surface area contributed by atoms with Crippen molar-refractivity contribution in [2.75, 3.05) is 20.8 Å². The van der Waals surface area contributed by atoms with Crippen LogP contribution in [-0.4, -0.2) is 25.8 Å². The highest BCUT2D eigenvalue weighted by molar-refractivity contribution is 8.00. The normalized spacial score (nSPS) is 23.5. The average Bonchev–Trinajstić information content (AvgIpc) is 2.65. The lowest BCUT2D eigenvalue weighted by Crippen LogP contribution is -2.32. The Morgan fingerprint density at radius 3 is 2.75 bits per heavy atom. The van der Waals surface area contributed by atoms with Crippen molar-refractivity contribution in [1.82, 2.24) is 0 Å². The Morgan fingerprint density at radius 2 is 2.12 bits per heavy atom. The molecular weight excluding hydrogens is 267 g/mol. The highest BCUT2D eigenvalue weighted by Crippen LogP contribution is 2.49. The number of thioether (sulfide) groups is 1. The van der Waals surface area contributed by atoms with E-state index in [1.807, 2.05) is 12.1 Å². The maximum atomic E-state index is 6.18. The minimum absolute atomic E-state index is 0.370. The molecule has 0 fully saturated rings. The van der Waals surface area contributed by atoms with Crippen LogP contribution in [0.25, 0.3) is 0 Å². The number of methoxy groups -OCH3 is 2. The summed E-state index contributed by atoms with van der Waals surface area (Å²) in [6.45, 7) is 0.525. The number of rotatable bonds is 3. The Hall–Kier alpha value is 0.0700. The third-order valence-electron chi connectivity index (χ3n) is 2.63. The predicted molar refractivity (Wildman–Crippen MR) is 67.6 cm³/mol. The lowest BCUT2D eigenvalue weighted by Gasteiger charge is -2.25. The molecule has 1 aromatic carbocycles. The van der Waals surface area contributed by atoms with Crippen molar-refractivity contribution in [1.29, 1.82) is 0 Å². The number of benzene rings is 1. The molecule has 16 heavy (non-hydrogen) atoms. The molecule has 2 rings (SSSR count). The molecule has 88 valence electrons. The van der Waals surface area contributed by atoms with Crippen LogP contribution in [-0.2, 0) is 15.9 Å². The third-order valence-corrected chi connectivity index (χ3v) is 4.88. The van der Waals surface area contributed by atoms with Gasteiger partial charge in [0.15, 0.2) is 0 Å². The SMILES string of the molecule is COCC1(OC)Cc2c(ccc(Cl)c2Cl)S1. The van der Waals surface area contributed by atoms with Gasteiger partial charge in [0, 0.05) is 25.5 Å². The second-order valence-electron chi connectivity index (χ2n) is 3.66. The summed E-state index contributed by atoms with van der Waals surface area (Å²) in [6.07, 6.45) is 0.719. The molecule has 1 atom stereocenters. The molecule has 0 aromatic heterocycles. The van der Waals surface area contributed by atoms with Crippen molar-refractivity contribution < 1.29 is 9.47 Å². The van der Waals surface area contributed by atoms with Gasteiger partial charge in [-0.25, -0.2) is 0 Å². The Bertz CT molecular complexity index is 411. The minimum Gasteiger partial charge on any atom is -0.381 e. The van der Waals surface area contributed by atoms with Gasteiger partial charge < -0.3 is 9.47 Å². The molecule has 1 aliphatic rings. The highest BCUT2D eigenvalue weighted by atomic mass is 35.5. The molecule has 0 saturated carbocycles. The summed E-state index contributed by atoms with van der Waals surface area (Å²) < 4.78 is 10.8. The molecule has 0 radical (unpaired) electrons. The van der Waals surface area contributed by atoms with E-state index in [0.717, 1.165) is 16.9 Å². The zero-order valence-electron chi connectivity index (χ0n) is 9.05. The standard InChI is InChI=1S/C11H12Cl2O2S/c1-14-6-11(15-2)5-7-9(16-11)4-3-8(12)10(7)13/h3-4H,5-6H2,1-2H3. The van der Waals surface area contributed by atoms with Crippen molar-refractivity contribution in [3.63, 3.8) is 0 Å². The van der Waals surface area contributed by atoms with E-state index in [-0.39, 0.29) is 4.93 Å². The molecule has 1 heterocycles. The first-order valence-electron chi connectivity index (χ1n) is 4.82. The molecule has 5 heteroatoms. The first kappa shape index (κ1) is 12.5. The first-order valence-corrected chi connectivity index (χ1v) is 6.39. The summed E-state index contributed by atoms with van der Waals surface area (Å²) in [7, 11) is 3.35. The Labute approximate surface area is 109 Å². The van der Waals surface area contributed by atoms with Crippen LogP contribution in [0.4, 0.5) is 0 Å². The number of hydrogen-bond acceptors (Lipinski definition) is 3. The van der Waals surface area contributed by atoms with Gasteiger partial charge in [0.25, 0.3) is 0 Å². The van der Waals surface area contributed by atoms with Crippen molar-refractivity contribution in [2.45, 2.75) is 16.2 Å². The lowest BCUT2D eigenvalue weighted by atomic mass is 10.1. The second kappa shape index (κ2) is 4.75. The van der Waals surface area contributed by atoms with E-state index in [1.165, 1.54) is 0 Å². The summed E-state index contributed by atoms with van der Waals surface area (Å²) >= 11 is 13.8. The van der Waals surface area contributed by atoms with Crippen molar-refractivity contribution >= 4 is 35.0 Å². The van der Waals surface area contributed by atoms with E-state index >= 15 is 0 Å². The van der Waals surface area contributed by atoms with Crippen LogP contribution in [0.2, 0.25) is 10.0 Å². The van der Waals surface area contributed by atoms with E-state index in [0.29, 0.717) is 16.7 Å². The monoisotopic (exact) mass is 278 g/mol. The zero-order chi connectivity index (χ0) is 11.8. The molecular formula is C11H12Cl2O2S. The Balaban J connectivity index is 2.36. The number of halogens is 2. The van der Waals surface area contributed by atoms with E-state index in [9.17, 15) is 0 Å². The molecule has 2 nitrogen and oxygen atoms in total. The van der Waals surface area contributed by atoms with Gasteiger partial charge >= 0.3 is 0 Å². The van der Waals surface area contributed by atoms with Gasteiger partial charge in [-0.3, -0.25) is 0 Å². The van der Waals surface area contributed by atoms with E-state index < -0.39 is 0 Å². The van der Waals surface area contributed by atoms with Crippen molar-refractivity contribution in [2.24, 2.45) is 0 Å². The zero-order valence-corrected chi connectivity index (χ0v) is 11.4. The summed E-state index contributed by atoms with van der Waals surface area (Å²) in [5, 5.41) is 1.21. The maximum absolute atomic E-state index is 6.18. The van der Waals surface area contributed by atoms with Crippen LogP contribution >= 0.6 is 35.0 Å². The Morgan fingerprint density at radius 1 is 1.38 bits per heavy atom. The fourth-order valence-corrected chi connectivity index (χ4v) is 3.59. The van der Waals surface area contributed by atoms with E-state index in [2.05, 4.69) is 0 Å². The number of fused-ring (bicyclic) bond motifs is 1. The highest BCUT2D eigenvalue weighted by Gasteiger charge is 2.40. The van der Waals surface area contributed by atoms with Gasteiger partial charge in [0.1, 0.15) is 4.93 Å². The van der Waals surface area contributed by atoms with Gasteiger partial charge in [-0.15, -0.1) is 0 Å². The van der Waals surface area contributed by atoms with E-state index in [1.54, 1.807) is 26.0 Å².